The first-order valence-corrected chi connectivity index (χ1v) is 8.47. The summed E-state index contributed by atoms with van der Waals surface area (Å²) in [5.41, 5.74) is 2.25. The SMILES string of the molecule is CC1Cc2ccccc2N1C(=O)c1cccc(C(=O)NC(C)(C)C)n1. The van der Waals surface area contributed by atoms with Gasteiger partial charge in [-0.3, -0.25) is 9.59 Å². The lowest BCUT2D eigenvalue weighted by Crippen LogP contribution is -2.41. The Hall–Kier alpha value is -2.69. The molecule has 1 aliphatic heterocycles. The number of anilines is 1. The number of carbonyl (C=O) groups excluding carboxylic acids is 2. The highest BCUT2D eigenvalue weighted by molar-refractivity contribution is 6.07. The molecular formula is C20H23N3O2. The van der Waals surface area contributed by atoms with E-state index in [0.717, 1.165) is 17.7 Å². The zero-order chi connectivity index (χ0) is 18.2. The molecule has 1 aliphatic rings. The molecule has 2 aromatic rings. The molecule has 1 unspecified atom stereocenters. The molecule has 2 amide bonds. The number of amides is 2. The minimum Gasteiger partial charge on any atom is -0.346 e. The summed E-state index contributed by atoms with van der Waals surface area (Å²) in [7, 11) is 0. The summed E-state index contributed by atoms with van der Waals surface area (Å²) in [6.07, 6.45) is 0.826. The van der Waals surface area contributed by atoms with Crippen LogP contribution in [0.2, 0.25) is 0 Å². The summed E-state index contributed by atoms with van der Waals surface area (Å²) in [5, 5.41) is 2.87. The maximum atomic E-state index is 13.0. The first kappa shape index (κ1) is 17.1. The van der Waals surface area contributed by atoms with E-state index >= 15 is 0 Å². The summed E-state index contributed by atoms with van der Waals surface area (Å²) >= 11 is 0. The zero-order valence-corrected chi connectivity index (χ0v) is 15.0. The predicted octanol–water partition coefficient (Wildman–Crippen LogP) is 3.20. The molecule has 0 aliphatic carbocycles. The molecule has 5 nitrogen and oxygen atoms in total. The number of hydrogen-bond acceptors (Lipinski definition) is 3. The van der Waals surface area contributed by atoms with Gasteiger partial charge in [0.25, 0.3) is 11.8 Å². The molecule has 0 radical (unpaired) electrons. The highest BCUT2D eigenvalue weighted by Crippen LogP contribution is 2.32. The number of fused-ring (bicyclic) bond motifs is 1. The van der Waals surface area contributed by atoms with Gasteiger partial charge in [-0.05, 0) is 57.9 Å². The lowest BCUT2D eigenvalue weighted by Gasteiger charge is -2.23. The molecule has 1 aromatic carbocycles. The maximum absolute atomic E-state index is 13.0. The summed E-state index contributed by atoms with van der Waals surface area (Å²) < 4.78 is 0. The Morgan fingerprint density at radius 1 is 1.08 bits per heavy atom. The lowest BCUT2D eigenvalue weighted by atomic mass is 10.1. The third kappa shape index (κ3) is 3.55. The smallest absolute Gasteiger partial charge is 0.277 e. The molecule has 5 heteroatoms. The summed E-state index contributed by atoms with van der Waals surface area (Å²) in [5.74, 6) is -0.458. The Balaban J connectivity index is 1.89. The number of rotatable bonds is 2. The molecular weight excluding hydrogens is 314 g/mol. The standard InChI is InChI=1S/C20H23N3O2/c1-13-12-14-8-5-6-11-17(14)23(13)19(25)16-10-7-9-15(21-16)18(24)22-20(2,3)4/h5-11,13H,12H2,1-4H3,(H,22,24). The van der Waals surface area contributed by atoms with Crippen LogP contribution >= 0.6 is 0 Å². The Bertz CT molecular complexity index is 824. The van der Waals surface area contributed by atoms with Crippen LogP contribution in [0.3, 0.4) is 0 Å². The van der Waals surface area contributed by atoms with Gasteiger partial charge in [0.2, 0.25) is 0 Å². The molecule has 1 N–H and O–H groups in total. The molecule has 25 heavy (non-hydrogen) atoms. The van der Waals surface area contributed by atoms with E-state index in [-0.39, 0.29) is 34.8 Å². The van der Waals surface area contributed by atoms with Crippen LogP contribution in [0.25, 0.3) is 0 Å². The average molecular weight is 337 g/mol. The third-order valence-electron chi connectivity index (χ3n) is 4.12. The average Bonchev–Trinajstić information content (AvgIpc) is 2.88. The Morgan fingerprint density at radius 3 is 2.48 bits per heavy atom. The number of carbonyl (C=O) groups is 2. The molecule has 0 spiro atoms. The van der Waals surface area contributed by atoms with Crippen LogP contribution < -0.4 is 10.2 Å². The Kier molecular flexibility index (Phi) is 4.33. The van der Waals surface area contributed by atoms with Crippen LogP contribution in [0.5, 0.6) is 0 Å². The number of hydrogen-bond donors (Lipinski definition) is 1. The highest BCUT2D eigenvalue weighted by atomic mass is 16.2. The second-order valence-corrected chi connectivity index (χ2v) is 7.47. The van der Waals surface area contributed by atoms with Crippen molar-refractivity contribution in [3.8, 4) is 0 Å². The quantitative estimate of drug-likeness (QED) is 0.915. The normalized spacial score (nSPS) is 16.5. The summed E-state index contributed by atoms with van der Waals surface area (Å²) in [6.45, 7) is 7.74. The van der Waals surface area contributed by atoms with Crippen molar-refractivity contribution in [2.24, 2.45) is 0 Å². The van der Waals surface area contributed by atoms with E-state index in [1.54, 1.807) is 23.1 Å². The van der Waals surface area contributed by atoms with Gasteiger partial charge in [0.1, 0.15) is 11.4 Å². The van der Waals surface area contributed by atoms with Gasteiger partial charge >= 0.3 is 0 Å². The van der Waals surface area contributed by atoms with E-state index in [0.29, 0.717) is 0 Å². The third-order valence-corrected chi connectivity index (χ3v) is 4.12. The Morgan fingerprint density at radius 2 is 1.76 bits per heavy atom. The van der Waals surface area contributed by atoms with Crippen LogP contribution in [-0.2, 0) is 6.42 Å². The molecule has 0 fully saturated rings. The van der Waals surface area contributed by atoms with Crippen molar-refractivity contribution in [2.45, 2.75) is 45.7 Å². The van der Waals surface area contributed by atoms with Gasteiger partial charge in [0.15, 0.2) is 0 Å². The monoisotopic (exact) mass is 337 g/mol. The molecule has 2 heterocycles. The number of pyridine rings is 1. The fourth-order valence-corrected chi connectivity index (χ4v) is 3.08. The van der Waals surface area contributed by atoms with Crippen molar-refractivity contribution >= 4 is 17.5 Å². The largest absolute Gasteiger partial charge is 0.346 e. The first-order chi connectivity index (χ1) is 11.8. The van der Waals surface area contributed by atoms with Crippen LogP contribution in [-0.4, -0.2) is 28.4 Å². The number of nitrogens with one attached hydrogen (secondary N) is 1. The molecule has 1 atom stereocenters. The van der Waals surface area contributed by atoms with Crippen molar-refractivity contribution in [3.63, 3.8) is 0 Å². The second-order valence-electron chi connectivity index (χ2n) is 7.47. The second kappa shape index (κ2) is 6.31. The summed E-state index contributed by atoms with van der Waals surface area (Å²) in [4.78, 5) is 31.4. The van der Waals surface area contributed by atoms with Crippen LogP contribution in [0, 0.1) is 0 Å². The van der Waals surface area contributed by atoms with Crippen molar-refractivity contribution in [1.82, 2.24) is 10.3 Å². The van der Waals surface area contributed by atoms with Crippen LogP contribution in [0.1, 0.15) is 54.2 Å². The number of aromatic nitrogens is 1. The van der Waals surface area contributed by atoms with Gasteiger partial charge in [-0.25, -0.2) is 4.98 Å². The molecule has 130 valence electrons. The molecule has 0 saturated heterocycles. The van der Waals surface area contributed by atoms with E-state index in [1.165, 1.54) is 0 Å². The molecule has 0 bridgehead atoms. The van der Waals surface area contributed by atoms with Crippen LogP contribution in [0.4, 0.5) is 5.69 Å². The molecule has 1 aromatic heterocycles. The van der Waals surface area contributed by atoms with E-state index in [9.17, 15) is 9.59 Å². The zero-order valence-electron chi connectivity index (χ0n) is 15.0. The van der Waals surface area contributed by atoms with Crippen molar-refractivity contribution in [1.29, 1.82) is 0 Å². The predicted molar refractivity (Wildman–Crippen MR) is 97.9 cm³/mol. The van der Waals surface area contributed by atoms with Crippen molar-refractivity contribution < 1.29 is 9.59 Å². The fourth-order valence-electron chi connectivity index (χ4n) is 3.08. The lowest BCUT2D eigenvalue weighted by molar-refractivity contribution is 0.0914. The summed E-state index contributed by atoms with van der Waals surface area (Å²) in [6, 6.07) is 13.0. The first-order valence-electron chi connectivity index (χ1n) is 8.47. The van der Waals surface area contributed by atoms with Gasteiger partial charge in [-0.2, -0.15) is 0 Å². The maximum Gasteiger partial charge on any atom is 0.277 e. The highest BCUT2D eigenvalue weighted by Gasteiger charge is 2.32. The number of nitrogens with zero attached hydrogens (tertiary/aromatic N) is 2. The van der Waals surface area contributed by atoms with E-state index < -0.39 is 0 Å². The Labute approximate surface area is 148 Å². The topological polar surface area (TPSA) is 62.3 Å². The van der Waals surface area contributed by atoms with Gasteiger partial charge in [0, 0.05) is 17.3 Å². The van der Waals surface area contributed by atoms with Crippen LogP contribution in [0.15, 0.2) is 42.5 Å². The van der Waals surface area contributed by atoms with Gasteiger partial charge in [-0.1, -0.05) is 24.3 Å². The molecule has 0 saturated carbocycles. The van der Waals surface area contributed by atoms with Gasteiger partial charge < -0.3 is 10.2 Å². The number of para-hydroxylation sites is 1. The van der Waals surface area contributed by atoms with Crippen molar-refractivity contribution in [2.75, 3.05) is 4.90 Å². The van der Waals surface area contributed by atoms with Gasteiger partial charge in [0.05, 0.1) is 0 Å². The minimum atomic E-state index is -0.360. The van der Waals surface area contributed by atoms with Gasteiger partial charge in [-0.15, -0.1) is 0 Å². The van der Waals surface area contributed by atoms with Crippen molar-refractivity contribution in [3.05, 3.63) is 59.4 Å². The minimum absolute atomic E-state index is 0.0683. The fraction of sp³-hybridized carbons (Fsp3) is 0.350. The molecule has 3 rings (SSSR count). The number of benzene rings is 1. The van der Waals surface area contributed by atoms with E-state index in [4.69, 9.17) is 0 Å². The van der Waals surface area contributed by atoms with E-state index in [2.05, 4.69) is 10.3 Å². The van der Waals surface area contributed by atoms with E-state index in [1.807, 2.05) is 52.0 Å².